The van der Waals surface area contributed by atoms with E-state index in [9.17, 15) is 0 Å². The predicted octanol–water partition coefficient (Wildman–Crippen LogP) is 3.05. The monoisotopic (exact) mass is 259 g/mol. The summed E-state index contributed by atoms with van der Waals surface area (Å²) in [7, 11) is 0. The molecular formula is C15H21N3O. The average Bonchev–Trinajstić information content (AvgIpc) is 2.91. The van der Waals surface area contributed by atoms with Gasteiger partial charge in [0.15, 0.2) is 0 Å². The number of rotatable bonds is 7. The van der Waals surface area contributed by atoms with E-state index in [0.717, 1.165) is 25.4 Å². The zero-order valence-corrected chi connectivity index (χ0v) is 11.6. The van der Waals surface area contributed by atoms with Gasteiger partial charge in [-0.15, -0.1) is 0 Å². The molecular weight excluding hydrogens is 238 g/mol. The van der Waals surface area contributed by atoms with E-state index in [-0.39, 0.29) is 0 Å². The maximum Gasteiger partial charge on any atom is 0.0736 e. The van der Waals surface area contributed by atoms with Crippen LogP contribution in [0.2, 0.25) is 0 Å². The fourth-order valence-corrected chi connectivity index (χ4v) is 1.90. The van der Waals surface area contributed by atoms with Gasteiger partial charge in [0.25, 0.3) is 0 Å². The summed E-state index contributed by atoms with van der Waals surface area (Å²) >= 11 is 0. The number of aromatic nitrogens is 2. The van der Waals surface area contributed by atoms with Gasteiger partial charge < -0.3 is 10.1 Å². The van der Waals surface area contributed by atoms with Gasteiger partial charge in [-0.3, -0.25) is 4.68 Å². The van der Waals surface area contributed by atoms with Crippen molar-refractivity contribution in [3.63, 3.8) is 0 Å². The van der Waals surface area contributed by atoms with Gasteiger partial charge in [0.1, 0.15) is 0 Å². The Morgan fingerprint density at radius 1 is 1.26 bits per heavy atom. The standard InChI is InChI=1S/C15H21N3O/c1-3-18-11-13(10-17-18)9-16-15-8-6-5-7-14(15)12-19-4-2/h5-8,10-11,16H,3-4,9,12H2,1-2H3. The number of ether oxygens (including phenoxy) is 1. The number of anilines is 1. The van der Waals surface area contributed by atoms with Crippen LogP contribution in [0.1, 0.15) is 25.0 Å². The molecule has 2 rings (SSSR count). The molecule has 0 atom stereocenters. The van der Waals surface area contributed by atoms with E-state index in [4.69, 9.17) is 4.74 Å². The van der Waals surface area contributed by atoms with Crippen LogP contribution in [0.3, 0.4) is 0 Å². The Morgan fingerprint density at radius 3 is 2.84 bits per heavy atom. The summed E-state index contributed by atoms with van der Waals surface area (Å²) in [6.07, 6.45) is 3.97. The van der Waals surface area contributed by atoms with Crippen molar-refractivity contribution < 1.29 is 4.74 Å². The molecule has 0 spiro atoms. The van der Waals surface area contributed by atoms with Gasteiger partial charge in [-0.1, -0.05) is 18.2 Å². The molecule has 19 heavy (non-hydrogen) atoms. The lowest BCUT2D eigenvalue weighted by Gasteiger charge is -2.11. The Balaban J connectivity index is 1.98. The van der Waals surface area contributed by atoms with Crippen molar-refractivity contribution in [1.29, 1.82) is 0 Å². The third-order valence-corrected chi connectivity index (χ3v) is 2.97. The highest BCUT2D eigenvalue weighted by molar-refractivity contribution is 5.51. The van der Waals surface area contributed by atoms with Gasteiger partial charge in [-0.2, -0.15) is 5.10 Å². The summed E-state index contributed by atoms with van der Waals surface area (Å²) in [6.45, 7) is 7.16. The number of para-hydroxylation sites is 1. The van der Waals surface area contributed by atoms with E-state index in [1.165, 1.54) is 11.1 Å². The smallest absolute Gasteiger partial charge is 0.0736 e. The van der Waals surface area contributed by atoms with Crippen LogP contribution in [0, 0.1) is 0 Å². The van der Waals surface area contributed by atoms with E-state index in [2.05, 4.69) is 35.7 Å². The topological polar surface area (TPSA) is 39.1 Å². The third kappa shape index (κ3) is 3.83. The predicted molar refractivity (Wildman–Crippen MR) is 77.0 cm³/mol. The van der Waals surface area contributed by atoms with Crippen LogP contribution >= 0.6 is 0 Å². The van der Waals surface area contributed by atoms with Crippen LogP contribution in [-0.2, 0) is 24.4 Å². The van der Waals surface area contributed by atoms with Crippen LogP contribution in [0.4, 0.5) is 5.69 Å². The van der Waals surface area contributed by atoms with Crippen LogP contribution in [-0.4, -0.2) is 16.4 Å². The van der Waals surface area contributed by atoms with Crippen molar-refractivity contribution in [2.24, 2.45) is 0 Å². The molecule has 1 aromatic carbocycles. The number of nitrogens with one attached hydrogen (secondary N) is 1. The Morgan fingerprint density at radius 2 is 2.11 bits per heavy atom. The minimum Gasteiger partial charge on any atom is -0.381 e. The molecule has 1 heterocycles. The van der Waals surface area contributed by atoms with Gasteiger partial charge in [0, 0.05) is 42.7 Å². The second-order valence-electron chi connectivity index (χ2n) is 4.35. The lowest BCUT2D eigenvalue weighted by Crippen LogP contribution is -2.03. The van der Waals surface area contributed by atoms with Crippen molar-refractivity contribution >= 4 is 5.69 Å². The maximum absolute atomic E-state index is 5.48. The quantitative estimate of drug-likeness (QED) is 0.830. The molecule has 1 N–H and O–H groups in total. The van der Waals surface area contributed by atoms with E-state index >= 15 is 0 Å². The summed E-state index contributed by atoms with van der Waals surface area (Å²) in [6, 6.07) is 8.24. The zero-order valence-electron chi connectivity index (χ0n) is 11.6. The third-order valence-electron chi connectivity index (χ3n) is 2.97. The maximum atomic E-state index is 5.48. The molecule has 0 saturated heterocycles. The van der Waals surface area contributed by atoms with E-state index in [1.807, 2.05) is 29.9 Å². The molecule has 0 aliphatic carbocycles. The van der Waals surface area contributed by atoms with Crippen LogP contribution in [0.25, 0.3) is 0 Å². The number of hydrogen-bond acceptors (Lipinski definition) is 3. The first-order chi connectivity index (χ1) is 9.33. The van der Waals surface area contributed by atoms with Crippen LogP contribution in [0.5, 0.6) is 0 Å². The highest BCUT2D eigenvalue weighted by atomic mass is 16.5. The Hall–Kier alpha value is -1.81. The second-order valence-corrected chi connectivity index (χ2v) is 4.35. The first-order valence-electron chi connectivity index (χ1n) is 6.74. The molecule has 0 amide bonds. The summed E-state index contributed by atoms with van der Waals surface area (Å²) in [5.41, 5.74) is 3.50. The molecule has 4 nitrogen and oxygen atoms in total. The second kappa shape index (κ2) is 6.95. The molecule has 0 bridgehead atoms. The highest BCUT2D eigenvalue weighted by Gasteiger charge is 2.02. The molecule has 0 aliphatic rings. The number of benzene rings is 1. The fourth-order valence-electron chi connectivity index (χ4n) is 1.90. The fraction of sp³-hybridized carbons (Fsp3) is 0.400. The zero-order chi connectivity index (χ0) is 13.5. The van der Waals surface area contributed by atoms with Crippen molar-refractivity contribution in [1.82, 2.24) is 9.78 Å². The molecule has 1 aromatic heterocycles. The Kier molecular flexibility index (Phi) is 4.98. The van der Waals surface area contributed by atoms with Gasteiger partial charge in [0.05, 0.1) is 12.8 Å². The Bertz CT molecular complexity index is 508. The van der Waals surface area contributed by atoms with Gasteiger partial charge in [-0.05, 0) is 19.9 Å². The van der Waals surface area contributed by atoms with Crippen molar-refractivity contribution in [3.05, 3.63) is 47.8 Å². The number of hydrogen-bond donors (Lipinski definition) is 1. The lowest BCUT2D eigenvalue weighted by atomic mass is 10.2. The van der Waals surface area contributed by atoms with Gasteiger partial charge in [-0.25, -0.2) is 0 Å². The molecule has 102 valence electrons. The van der Waals surface area contributed by atoms with E-state index in [0.29, 0.717) is 6.61 Å². The van der Waals surface area contributed by atoms with Crippen molar-refractivity contribution in [2.45, 2.75) is 33.5 Å². The molecule has 4 heteroatoms. The molecule has 0 saturated carbocycles. The SMILES string of the molecule is CCOCc1ccccc1NCc1cnn(CC)c1. The number of aryl methyl sites for hydroxylation is 1. The molecule has 0 unspecified atom stereocenters. The molecule has 0 fully saturated rings. The minimum atomic E-state index is 0.647. The Labute approximate surface area is 114 Å². The first-order valence-corrected chi connectivity index (χ1v) is 6.74. The largest absolute Gasteiger partial charge is 0.381 e. The summed E-state index contributed by atoms with van der Waals surface area (Å²) in [5.74, 6) is 0. The summed E-state index contributed by atoms with van der Waals surface area (Å²) in [4.78, 5) is 0. The van der Waals surface area contributed by atoms with E-state index < -0.39 is 0 Å². The summed E-state index contributed by atoms with van der Waals surface area (Å²) in [5, 5.41) is 7.71. The van der Waals surface area contributed by atoms with Crippen molar-refractivity contribution in [3.8, 4) is 0 Å². The number of nitrogens with zero attached hydrogens (tertiary/aromatic N) is 2. The van der Waals surface area contributed by atoms with E-state index in [1.54, 1.807) is 0 Å². The normalized spacial score (nSPS) is 10.6. The highest BCUT2D eigenvalue weighted by Crippen LogP contribution is 2.17. The van der Waals surface area contributed by atoms with Gasteiger partial charge in [0.2, 0.25) is 0 Å². The first kappa shape index (κ1) is 13.6. The molecule has 0 radical (unpaired) electrons. The van der Waals surface area contributed by atoms with Crippen LogP contribution < -0.4 is 5.32 Å². The van der Waals surface area contributed by atoms with Crippen LogP contribution in [0.15, 0.2) is 36.7 Å². The van der Waals surface area contributed by atoms with Gasteiger partial charge >= 0.3 is 0 Å². The lowest BCUT2D eigenvalue weighted by molar-refractivity contribution is 0.134. The van der Waals surface area contributed by atoms with Crippen molar-refractivity contribution in [2.75, 3.05) is 11.9 Å². The summed E-state index contributed by atoms with van der Waals surface area (Å²) < 4.78 is 7.41. The average molecular weight is 259 g/mol. The molecule has 0 aliphatic heterocycles. The molecule has 2 aromatic rings. The minimum absolute atomic E-state index is 0.647.